The number of H-pyrrole nitrogens is 1. The highest BCUT2D eigenvalue weighted by Crippen LogP contribution is 2.49. The van der Waals surface area contributed by atoms with Crippen molar-refractivity contribution in [2.75, 3.05) is 26.2 Å². The number of unbranched alkanes of at least 4 members (excludes halogenated alkanes) is 13. The molecule has 0 aliphatic carbocycles. The summed E-state index contributed by atoms with van der Waals surface area (Å²) in [5.41, 5.74) is 0.366. The van der Waals surface area contributed by atoms with E-state index in [4.69, 9.17) is 18.5 Å². The number of nitrogens with one attached hydrogen (secondary N) is 1. The molecule has 256 valence electrons. The fourth-order valence-electron chi connectivity index (χ4n) is 5.03. The van der Waals surface area contributed by atoms with Gasteiger partial charge in [0.05, 0.1) is 25.9 Å². The summed E-state index contributed by atoms with van der Waals surface area (Å²) in [6.45, 7) is 7.45. The second-order valence-electron chi connectivity index (χ2n) is 12.1. The zero-order valence-electron chi connectivity index (χ0n) is 28.1. The Morgan fingerprint density at radius 2 is 1.36 bits per heavy atom. The summed E-state index contributed by atoms with van der Waals surface area (Å²) in [4.78, 5) is 26.1. The maximum atomic E-state index is 13.6. The number of aryl methyl sites for hydroxylation is 1. The van der Waals surface area contributed by atoms with Gasteiger partial charge in [-0.3, -0.25) is 18.9 Å². The summed E-state index contributed by atoms with van der Waals surface area (Å²) < 4.78 is 38.0. The zero-order chi connectivity index (χ0) is 32.6. The van der Waals surface area contributed by atoms with Crippen LogP contribution in [0.2, 0.25) is 0 Å². The minimum Gasteiger partial charge on any atom is -0.381 e. The molecule has 2 rings (SSSR count). The molecule has 0 bridgehead atoms. The Morgan fingerprint density at radius 1 is 0.778 bits per heavy atom. The van der Waals surface area contributed by atoms with Crippen LogP contribution in [0.25, 0.3) is 0 Å². The van der Waals surface area contributed by atoms with E-state index in [0.29, 0.717) is 18.6 Å². The number of aromatic nitrogens is 2. The molecule has 10 heteroatoms. The third-order valence-electron chi connectivity index (χ3n) is 7.79. The first-order valence-corrected chi connectivity index (χ1v) is 19.0. The largest absolute Gasteiger partial charge is 0.381 e. The Hall–Kier alpha value is -2.03. The van der Waals surface area contributed by atoms with Crippen molar-refractivity contribution in [3.05, 3.63) is 68.5 Å². The van der Waals surface area contributed by atoms with Crippen molar-refractivity contribution in [3.63, 3.8) is 0 Å². The quantitative estimate of drug-likeness (QED) is 0.0726. The Bertz CT molecular complexity index is 1180. The lowest BCUT2D eigenvalue weighted by Crippen LogP contribution is -2.34. The van der Waals surface area contributed by atoms with Gasteiger partial charge < -0.3 is 18.5 Å². The number of nitrogens with zero attached hydrogens (tertiary/aromatic N) is 1. The molecule has 1 aromatic heterocycles. The van der Waals surface area contributed by atoms with Crippen molar-refractivity contribution in [3.8, 4) is 0 Å². The Labute approximate surface area is 271 Å². The second-order valence-corrected chi connectivity index (χ2v) is 14.1. The average molecular weight is 651 g/mol. The maximum absolute atomic E-state index is 13.6. The number of aromatic amines is 1. The molecule has 0 amide bonds. The molecular formula is C35H59N2O7P. The molecular weight excluding hydrogens is 591 g/mol. The van der Waals surface area contributed by atoms with Crippen LogP contribution in [-0.4, -0.2) is 41.8 Å². The van der Waals surface area contributed by atoms with Crippen LogP contribution in [0.5, 0.6) is 0 Å². The minimum absolute atomic E-state index is 0.129. The van der Waals surface area contributed by atoms with Gasteiger partial charge in [0.2, 0.25) is 0 Å². The smallest absolute Gasteiger partial charge is 0.356 e. The van der Waals surface area contributed by atoms with Crippen LogP contribution in [0.1, 0.15) is 121 Å². The average Bonchev–Trinajstić information content (AvgIpc) is 3.03. The van der Waals surface area contributed by atoms with Crippen LogP contribution >= 0.6 is 7.60 Å². The van der Waals surface area contributed by atoms with E-state index in [9.17, 15) is 14.2 Å². The van der Waals surface area contributed by atoms with E-state index >= 15 is 0 Å². The fraction of sp³-hybridized carbons (Fsp3) is 0.714. The fourth-order valence-corrected chi connectivity index (χ4v) is 6.44. The number of benzene rings is 1. The molecule has 45 heavy (non-hydrogen) atoms. The molecule has 9 nitrogen and oxygen atoms in total. The summed E-state index contributed by atoms with van der Waals surface area (Å²) in [6.07, 6.45) is 20.0. The van der Waals surface area contributed by atoms with Gasteiger partial charge in [-0.25, -0.2) is 4.79 Å². The highest BCUT2D eigenvalue weighted by molar-refractivity contribution is 7.53. The summed E-state index contributed by atoms with van der Waals surface area (Å²) in [6, 6.07) is 9.47. The Morgan fingerprint density at radius 3 is 1.98 bits per heavy atom. The van der Waals surface area contributed by atoms with Crippen LogP contribution in [-0.2, 0) is 36.2 Å². The van der Waals surface area contributed by atoms with Gasteiger partial charge in [0.25, 0.3) is 5.56 Å². The molecule has 1 heterocycles. The molecule has 0 spiro atoms. The predicted molar refractivity (Wildman–Crippen MR) is 182 cm³/mol. The first-order valence-electron chi connectivity index (χ1n) is 17.2. The third-order valence-corrected chi connectivity index (χ3v) is 9.36. The van der Waals surface area contributed by atoms with Gasteiger partial charge >= 0.3 is 13.3 Å². The lowest BCUT2D eigenvalue weighted by Gasteiger charge is -2.21. The zero-order valence-corrected chi connectivity index (χ0v) is 29.0. The van der Waals surface area contributed by atoms with E-state index in [1.165, 1.54) is 94.2 Å². The predicted octanol–water partition coefficient (Wildman–Crippen LogP) is 8.52. The molecule has 0 aliphatic rings. The van der Waals surface area contributed by atoms with Crippen LogP contribution < -0.4 is 11.2 Å². The van der Waals surface area contributed by atoms with E-state index in [0.717, 1.165) is 18.6 Å². The van der Waals surface area contributed by atoms with Crippen LogP contribution in [0, 0.1) is 6.92 Å². The highest BCUT2D eigenvalue weighted by atomic mass is 31.2. The van der Waals surface area contributed by atoms with Crippen molar-refractivity contribution >= 4 is 7.60 Å². The Kier molecular flexibility index (Phi) is 21.0. The second kappa shape index (κ2) is 24.2. The standard InChI is InChI=1S/C35H59N2O7P/c1-4-5-6-7-8-9-10-11-12-13-14-15-16-20-24-41-25-21-26-43-45(40,44-29-33-22-18-17-19-23-33)30-42-32(3)28-37-27-31(2)34(38)36-35(37)39/h17-19,22-23,27,32H,4-16,20-21,24-26,28-30H2,1-3H3,(H,36,38,39). The Balaban J connectivity index is 1.60. The van der Waals surface area contributed by atoms with Crippen LogP contribution in [0.15, 0.2) is 46.1 Å². The first-order chi connectivity index (χ1) is 21.8. The highest BCUT2D eigenvalue weighted by Gasteiger charge is 2.26. The van der Waals surface area contributed by atoms with E-state index in [1.54, 1.807) is 13.8 Å². The molecule has 0 aliphatic heterocycles. The lowest BCUT2D eigenvalue weighted by atomic mass is 10.0. The van der Waals surface area contributed by atoms with Crippen molar-refractivity contribution in [2.24, 2.45) is 0 Å². The van der Waals surface area contributed by atoms with Gasteiger partial charge in [-0.05, 0) is 32.3 Å². The minimum atomic E-state index is -3.59. The van der Waals surface area contributed by atoms with Gasteiger partial charge in [0, 0.05) is 25.0 Å². The SMILES string of the molecule is CCCCCCCCCCCCCCCCOCCCOP(=O)(COC(C)Cn1cc(C)c(=O)[nH]c1=O)OCc1ccccc1. The molecule has 1 aromatic carbocycles. The molecule has 0 fully saturated rings. The molecule has 2 aromatic rings. The molecule has 0 saturated heterocycles. The first kappa shape index (κ1) is 39.1. The number of hydrogen-bond acceptors (Lipinski definition) is 7. The van der Waals surface area contributed by atoms with Crippen LogP contribution in [0.3, 0.4) is 0 Å². The lowest BCUT2D eigenvalue weighted by molar-refractivity contribution is 0.0600. The van der Waals surface area contributed by atoms with E-state index in [-0.39, 0.29) is 26.1 Å². The molecule has 1 N–H and O–H groups in total. The van der Waals surface area contributed by atoms with Crippen molar-refractivity contribution < 1.29 is 23.1 Å². The van der Waals surface area contributed by atoms with Gasteiger partial charge in [-0.1, -0.05) is 121 Å². The van der Waals surface area contributed by atoms with Crippen LogP contribution in [0.4, 0.5) is 0 Å². The third kappa shape index (κ3) is 18.6. The van der Waals surface area contributed by atoms with E-state index < -0.39 is 24.9 Å². The monoisotopic (exact) mass is 650 g/mol. The van der Waals surface area contributed by atoms with Crippen molar-refractivity contribution in [1.29, 1.82) is 0 Å². The summed E-state index contributed by atoms with van der Waals surface area (Å²) in [5.74, 6) is 0. The molecule has 2 atom stereocenters. The van der Waals surface area contributed by atoms with Crippen molar-refractivity contribution in [2.45, 2.75) is 136 Å². The van der Waals surface area contributed by atoms with E-state index in [2.05, 4.69) is 11.9 Å². The normalized spacial score (nSPS) is 13.6. The summed E-state index contributed by atoms with van der Waals surface area (Å²) >= 11 is 0. The van der Waals surface area contributed by atoms with E-state index in [1.807, 2.05) is 30.3 Å². The molecule has 0 saturated carbocycles. The molecule has 0 radical (unpaired) electrons. The summed E-state index contributed by atoms with van der Waals surface area (Å²) in [5, 5.41) is 0. The summed E-state index contributed by atoms with van der Waals surface area (Å²) in [7, 11) is -3.59. The molecule has 2 unspecified atom stereocenters. The van der Waals surface area contributed by atoms with Gasteiger partial charge in [0.15, 0.2) is 0 Å². The number of ether oxygens (including phenoxy) is 2. The van der Waals surface area contributed by atoms with Crippen molar-refractivity contribution in [1.82, 2.24) is 9.55 Å². The number of hydrogen-bond donors (Lipinski definition) is 1. The number of rotatable bonds is 28. The topological polar surface area (TPSA) is 109 Å². The van der Waals surface area contributed by atoms with Gasteiger partial charge in [0.1, 0.15) is 6.35 Å². The van der Waals surface area contributed by atoms with Gasteiger partial charge in [-0.15, -0.1) is 0 Å². The maximum Gasteiger partial charge on any atom is 0.356 e. The van der Waals surface area contributed by atoms with Gasteiger partial charge in [-0.2, -0.15) is 0 Å².